The predicted molar refractivity (Wildman–Crippen MR) is 129 cm³/mol. The minimum absolute atomic E-state index is 0.131. The highest BCUT2D eigenvalue weighted by Gasteiger charge is 2.31. The van der Waals surface area contributed by atoms with Gasteiger partial charge in [-0.3, -0.25) is 4.79 Å². The maximum atomic E-state index is 12.4. The number of rotatable bonds is 5. The standard InChI is InChI=1S/C26H39N3O4/c1-19-17-28(23(31)33-25(5,6)7)15-16-29(19)21-11-9-20(10-12-21)26(8,18-27)14-13-22(30)32-24(2,3)4/h9-12,19H,13-17H2,1-8H3/t19-,26-/m0/s1. The lowest BCUT2D eigenvalue weighted by molar-refractivity contribution is -0.155. The van der Waals surface area contributed by atoms with Gasteiger partial charge in [0.25, 0.3) is 0 Å². The number of carbonyl (C=O) groups excluding carboxylic acids is 2. The molecule has 0 N–H and O–H groups in total. The van der Waals surface area contributed by atoms with Crippen LogP contribution in [0.25, 0.3) is 0 Å². The van der Waals surface area contributed by atoms with Crippen LogP contribution in [0.3, 0.4) is 0 Å². The highest BCUT2D eigenvalue weighted by Crippen LogP contribution is 2.31. The molecule has 1 aromatic carbocycles. The molecule has 1 aliphatic heterocycles. The van der Waals surface area contributed by atoms with Crippen LogP contribution in [-0.4, -0.2) is 53.8 Å². The lowest BCUT2D eigenvalue weighted by Crippen LogP contribution is -2.54. The summed E-state index contributed by atoms with van der Waals surface area (Å²) in [6, 6.07) is 10.5. The maximum absolute atomic E-state index is 12.4. The van der Waals surface area contributed by atoms with E-state index in [4.69, 9.17) is 9.47 Å². The van der Waals surface area contributed by atoms with Gasteiger partial charge in [-0.05, 0) is 79.5 Å². The number of carbonyl (C=O) groups is 2. The van der Waals surface area contributed by atoms with Crippen LogP contribution in [0.5, 0.6) is 0 Å². The van der Waals surface area contributed by atoms with Gasteiger partial charge in [0.1, 0.15) is 11.2 Å². The first kappa shape index (κ1) is 26.5. The highest BCUT2D eigenvalue weighted by atomic mass is 16.6. The molecule has 0 radical (unpaired) electrons. The Morgan fingerprint density at radius 3 is 2.06 bits per heavy atom. The summed E-state index contributed by atoms with van der Waals surface area (Å²) < 4.78 is 10.9. The summed E-state index contributed by atoms with van der Waals surface area (Å²) >= 11 is 0. The van der Waals surface area contributed by atoms with Gasteiger partial charge in [0.2, 0.25) is 0 Å². The number of hydrogen-bond acceptors (Lipinski definition) is 6. The molecule has 1 fully saturated rings. The Bertz CT molecular complexity index is 877. The van der Waals surface area contributed by atoms with Crippen molar-refractivity contribution in [1.29, 1.82) is 5.26 Å². The first-order valence-corrected chi connectivity index (χ1v) is 11.6. The number of ether oxygens (including phenoxy) is 2. The Labute approximate surface area is 198 Å². The Hall–Kier alpha value is -2.75. The highest BCUT2D eigenvalue weighted by molar-refractivity contribution is 5.70. The molecule has 2 rings (SSSR count). The normalized spacial score (nSPS) is 18.8. The third-order valence-corrected chi connectivity index (χ3v) is 5.61. The molecule has 1 aliphatic rings. The number of nitrogens with zero attached hydrogens (tertiary/aromatic N) is 3. The molecule has 7 nitrogen and oxygen atoms in total. The second-order valence-corrected chi connectivity index (χ2v) is 11.0. The minimum atomic E-state index is -0.781. The fourth-order valence-corrected chi connectivity index (χ4v) is 3.86. The summed E-state index contributed by atoms with van der Waals surface area (Å²) in [5.74, 6) is -0.294. The molecule has 1 heterocycles. The Balaban J connectivity index is 2.03. The fraction of sp³-hybridized carbons (Fsp3) is 0.654. The molecule has 0 aliphatic carbocycles. The number of esters is 1. The Morgan fingerprint density at radius 1 is 1.00 bits per heavy atom. The fourth-order valence-electron chi connectivity index (χ4n) is 3.86. The van der Waals surface area contributed by atoms with Gasteiger partial charge in [-0.15, -0.1) is 0 Å². The van der Waals surface area contributed by atoms with E-state index in [1.165, 1.54) is 0 Å². The molecule has 2 atom stereocenters. The first-order chi connectivity index (χ1) is 15.1. The van der Waals surface area contributed by atoms with E-state index in [0.29, 0.717) is 26.1 Å². The van der Waals surface area contributed by atoms with Crippen LogP contribution >= 0.6 is 0 Å². The van der Waals surface area contributed by atoms with E-state index in [1.54, 1.807) is 4.90 Å². The van der Waals surface area contributed by atoms with Crippen molar-refractivity contribution in [3.05, 3.63) is 29.8 Å². The van der Waals surface area contributed by atoms with Gasteiger partial charge in [-0.25, -0.2) is 4.79 Å². The quantitative estimate of drug-likeness (QED) is 0.576. The smallest absolute Gasteiger partial charge is 0.410 e. The average Bonchev–Trinajstić information content (AvgIpc) is 2.69. The van der Waals surface area contributed by atoms with E-state index in [0.717, 1.165) is 11.3 Å². The van der Waals surface area contributed by atoms with Crippen LogP contribution in [-0.2, 0) is 19.7 Å². The molecular formula is C26H39N3O4. The maximum Gasteiger partial charge on any atom is 0.410 e. The minimum Gasteiger partial charge on any atom is -0.460 e. The van der Waals surface area contributed by atoms with Gasteiger partial charge in [0, 0.05) is 37.8 Å². The van der Waals surface area contributed by atoms with Gasteiger partial charge in [0.05, 0.1) is 11.5 Å². The van der Waals surface area contributed by atoms with Gasteiger partial charge in [-0.2, -0.15) is 5.26 Å². The van der Waals surface area contributed by atoms with Crippen molar-refractivity contribution in [1.82, 2.24) is 4.90 Å². The third-order valence-electron chi connectivity index (χ3n) is 5.61. The number of hydrogen-bond donors (Lipinski definition) is 0. The summed E-state index contributed by atoms with van der Waals surface area (Å²) in [7, 11) is 0. The van der Waals surface area contributed by atoms with E-state index in [-0.39, 0.29) is 24.5 Å². The molecule has 0 unspecified atom stereocenters. The van der Waals surface area contributed by atoms with E-state index >= 15 is 0 Å². The van der Waals surface area contributed by atoms with E-state index in [1.807, 2.05) is 72.7 Å². The summed E-state index contributed by atoms with van der Waals surface area (Å²) in [4.78, 5) is 28.5. The van der Waals surface area contributed by atoms with Gasteiger partial charge < -0.3 is 19.3 Å². The second kappa shape index (κ2) is 10.0. The lowest BCUT2D eigenvalue weighted by atomic mass is 9.80. The SMILES string of the molecule is C[C@H]1CN(C(=O)OC(C)(C)C)CCN1c1ccc([C@](C)(C#N)CCC(=O)OC(C)(C)C)cc1. The van der Waals surface area contributed by atoms with Crippen LogP contribution in [0.15, 0.2) is 24.3 Å². The average molecular weight is 458 g/mol. The zero-order valence-electron chi connectivity index (χ0n) is 21.4. The molecule has 0 spiro atoms. The molecule has 7 heteroatoms. The van der Waals surface area contributed by atoms with Gasteiger partial charge in [0.15, 0.2) is 0 Å². The number of piperazine rings is 1. The topological polar surface area (TPSA) is 82.9 Å². The third kappa shape index (κ3) is 7.66. The van der Waals surface area contributed by atoms with Crippen molar-refractivity contribution < 1.29 is 19.1 Å². The zero-order chi connectivity index (χ0) is 25.0. The number of benzene rings is 1. The molecule has 1 saturated heterocycles. The number of amides is 1. The van der Waals surface area contributed by atoms with E-state index in [2.05, 4.69) is 17.9 Å². The van der Waals surface area contributed by atoms with Crippen molar-refractivity contribution in [2.45, 2.75) is 90.9 Å². The summed E-state index contributed by atoms with van der Waals surface area (Å²) in [5.41, 5.74) is 0.0898. The molecule has 0 saturated carbocycles. The monoisotopic (exact) mass is 457 g/mol. The van der Waals surface area contributed by atoms with Gasteiger partial charge >= 0.3 is 12.1 Å². The summed E-state index contributed by atoms with van der Waals surface area (Å²) in [5, 5.41) is 9.84. The molecule has 1 amide bonds. The lowest BCUT2D eigenvalue weighted by Gasteiger charge is -2.41. The summed E-state index contributed by atoms with van der Waals surface area (Å²) in [6.07, 6.45) is 0.300. The zero-order valence-corrected chi connectivity index (χ0v) is 21.4. The van der Waals surface area contributed by atoms with Crippen molar-refractivity contribution in [2.75, 3.05) is 24.5 Å². The predicted octanol–water partition coefficient (Wildman–Crippen LogP) is 5.04. The first-order valence-electron chi connectivity index (χ1n) is 11.6. The molecular weight excluding hydrogens is 418 g/mol. The van der Waals surface area contributed by atoms with Crippen molar-refractivity contribution in [2.24, 2.45) is 0 Å². The molecule has 182 valence electrons. The van der Waals surface area contributed by atoms with E-state index < -0.39 is 16.6 Å². The number of anilines is 1. The number of nitriles is 1. The molecule has 0 aromatic heterocycles. The summed E-state index contributed by atoms with van der Waals surface area (Å²) in [6.45, 7) is 16.9. The molecule has 0 bridgehead atoms. The van der Waals surface area contributed by atoms with Crippen LogP contribution in [0.1, 0.15) is 73.8 Å². The van der Waals surface area contributed by atoms with Crippen LogP contribution in [0.4, 0.5) is 10.5 Å². The van der Waals surface area contributed by atoms with Crippen LogP contribution < -0.4 is 4.90 Å². The van der Waals surface area contributed by atoms with Crippen LogP contribution in [0, 0.1) is 11.3 Å². The Morgan fingerprint density at radius 2 is 1.58 bits per heavy atom. The Kier molecular flexibility index (Phi) is 8.05. The van der Waals surface area contributed by atoms with Crippen molar-refractivity contribution in [3.63, 3.8) is 0 Å². The molecule has 1 aromatic rings. The second-order valence-electron chi connectivity index (χ2n) is 11.0. The van der Waals surface area contributed by atoms with Crippen molar-refractivity contribution >= 4 is 17.7 Å². The van der Waals surface area contributed by atoms with Gasteiger partial charge in [-0.1, -0.05) is 12.1 Å². The van der Waals surface area contributed by atoms with Crippen molar-refractivity contribution in [3.8, 4) is 6.07 Å². The van der Waals surface area contributed by atoms with Crippen LogP contribution in [0.2, 0.25) is 0 Å². The molecule has 33 heavy (non-hydrogen) atoms. The van der Waals surface area contributed by atoms with E-state index in [9.17, 15) is 14.9 Å². The largest absolute Gasteiger partial charge is 0.460 e.